The van der Waals surface area contributed by atoms with Gasteiger partial charge in [0, 0.05) is 31.6 Å². The maximum Gasteiger partial charge on any atom is 0.122 e. The monoisotopic (exact) mass is 223 g/mol. The highest BCUT2D eigenvalue weighted by molar-refractivity contribution is 4.92. The van der Waals surface area contributed by atoms with E-state index in [1.165, 1.54) is 6.42 Å². The summed E-state index contributed by atoms with van der Waals surface area (Å²) in [6.45, 7) is 8.02. The minimum Gasteiger partial charge on any atom is -0.381 e. The van der Waals surface area contributed by atoms with Crippen LogP contribution in [0.25, 0.3) is 0 Å². The van der Waals surface area contributed by atoms with E-state index in [9.17, 15) is 0 Å². The molecular weight excluding hydrogens is 202 g/mol. The van der Waals surface area contributed by atoms with Gasteiger partial charge in [0.05, 0.1) is 13.2 Å². The quantitative estimate of drug-likeness (QED) is 0.820. The van der Waals surface area contributed by atoms with Gasteiger partial charge in [0.25, 0.3) is 0 Å². The van der Waals surface area contributed by atoms with Crippen molar-refractivity contribution < 1.29 is 4.74 Å². The van der Waals surface area contributed by atoms with Gasteiger partial charge in [-0.1, -0.05) is 0 Å². The zero-order valence-corrected chi connectivity index (χ0v) is 10.1. The Bertz CT molecular complexity index is 318. The molecule has 1 aliphatic heterocycles. The van der Waals surface area contributed by atoms with Crippen molar-refractivity contribution in [3.05, 3.63) is 18.2 Å². The third kappa shape index (κ3) is 2.62. The fourth-order valence-electron chi connectivity index (χ4n) is 2.16. The fourth-order valence-corrected chi connectivity index (χ4v) is 2.16. The molecule has 0 aliphatic carbocycles. The molecule has 0 spiro atoms. The van der Waals surface area contributed by atoms with E-state index in [0.29, 0.717) is 12.0 Å². The number of nitrogens with zero attached hydrogens (tertiary/aromatic N) is 2. The maximum absolute atomic E-state index is 5.40. The average molecular weight is 223 g/mol. The van der Waals surface area contributed by atoms with E-state index in [-0.39, 0.29) is 0 Å². The van der Waals surface area contributed by atoms with Gasteiger partial charge in [-0.2, -0.15) is 0 Å². The summed E-state index contributed by atoms with van der Waals surface area (Å²) < 4.78 is 7.57. The Balaban J connectivity index is 1.82. The van der Waals surface area contributed by atoms with Crippen LogP contribution in [0.15, 0.2) is 12.4 Å². The topological polar surface area (TPSA) is 39.1 Å². The highest BCUT2D eigenvalue weighted by Crippen LogP contribution is 2.16. The zero-order chi connectivity index (χ0) is 11.4. The van der Waals surface area contributed by atoms with Crippen molar-refractivity contribution in [3.8, 4) is 0 Å². The van der Waals surface area contributed by atoms with Crippen LogP contribution in [-0.2, 0) is 17.8 Å². The number of nitrogens with one attached hydrogen (secondary N) is 1. The molecule has 1 aromatic rings. The first-order valence-electron chi connectivity index (χ1n) is 6.12. The molecule has 4 heteroatoms. The second-order valence-electron chi connectivity index (χ2n) is 4.42. The van der Waals surface area contributed by atoms with E-state index in [1.807, 2.05) is 12.4 Å². The van der Waals surface area contributed by atoms with Gasteiger partial charge in [-0.25, -0.2) is 4.98 Å². The predicted molar refractivity (Wildman–Crippen MR) is 63.1 cm³/mol. The molecule has 1 aliphatic rings. The van der Waals surface area contributed by atoms with E-state index < -0.39 is 0 Å². The fraction of sp³-hybridized carbons (Fsp3) is 0.750. The Morgan fingerprint density at radius 1 is 1.69 bits per heavy atom. The van der Waals surface area contributed by atoms with Gasteiger partial charge in [0.2, 0.25) is 0 Å². The van der Waals surface area contributed by atoms with Crippen LogP contribution in [0.5, 0.6) is 0 Å². The third-order valence-corrected chi connectivity index (χ3v) is 3.40. The predicted octanol–water partition coefficient (Wildman–Crippen LogP) is 1.42. The van der Waals surface area contributed by atoms with E-state index in [4.69, 9.17) is 4.74 Å². The number of aryl methyl sites for hydroxylation is 1. The number of hydrogen-bond donors (Lipinski definition) is 1. The molecule has 0 amide bonds. The molecule has 90 valence electrons. The van der Waals surface area contributed by atoms with Crippen LogP contribution in [0.4, 0.5) is 0 Å². The summed E-state index contributed by atoms with van der Waals surface area (Å²) in [5.41, 5.74) is 0. The highest BCUT2D eigenvalue weighted by Gasteiger charge is 2.21. The summed E-state index contributed by atoms with van der Waals surface area (Å²) in [5.74, 6) is 1.78. The van der Waals surface area contributed by atoms with Crippen molar-refractivity contribution >= 4 is 0 Å². The van der Waals surface area contributed by atoms with Crippen molar-refractivity contribution in [2.45, 2.75) is 39.4 Å². The average Bonchev–Trinajstić information content (AvgIpc) is 2.96. The van der Waals surface area contributed by atoms with Crippen molar-refractivity contribution in [2.75, 3.05) is 13.2 Å². The van der Waals surface area contributed by atoms with Crippen molar-refractivity contribution in [1.29, 1.82) is 0 Å². The summed E-state index contributed by atoms with van der Waals surface area (Å²) >= 11 is 0. The Labute approximate surface area is 97.0 Å². The normalized spacial score (nSPS) is 22.5. The summed E-state index contributed by atoms with van der Waals surface area (Å²) in [6.07, 6.45) is 5.07. The Kier molecular flexibility index (Phi) is 3.96. The maximum atomic E-state index is 5.40. The van der Waals surface area contributed by atoms with Crippen LogP contribution < -0.4 is 5.32 Å². The van der Waals surface area contributed by atoms with Gasteiger partial charge >= 0.3 is 0 Å². The SMILES string of the molecule is CCn1ccnc1CNC(C)C1CCOC1. The van der Waals surface area contributed by atoms with Crippen LogP contribution in [0.1, 0.15) is 26.1 Å². The lowest BCUT2D eigenvalue weighted by Crippen LogP contribution is -2.34. The van der Waals surface area contributed by atoms with E-state index >= 15 is 0 Å². The van der Waals surface area contributed by atoms with Crippen molar-refractivity contribution in [3.63, 3.8) is 0 Å². The van der Waals surface area contributed by atoms with Crippen molar-refractivity contribution in [1.82, 2.24) is 14.9 Å². The van der Waals surface area contributed by atoms with Gasteiger partial charge < -0.3 is 14.6 Å². The number of rotatable bonds is 5. The largest absolute Gasteiger partial charge is 0.381 e. The van der Waals surface area contributed by atoms with Gasteiger partial charge in [-0.3, -0.25) is 0 Å². The van der Waals surface area contributed by atoms with Gasteiger partial charge in [0.15, 0.2) is 0 Å². The number of imidazole rings is 1. The molecule has 0 aromatic carbocycles. The van der Waals surface area contributed by atoms with Gasteiger partial charge in [0.1, 0.15) is 5.82 Å². The lowest BCUT2D eigenvalue weighted by atomic mass is 10.0. The molecule has 4 nitrogen and oxygen atoms in total. The molecule has 2 rings (SSSR count). The molecule has 1 aromatic heterocycles. The molecule has 16 heavy (non-hydrogen) atoms. The molecule has 0 radical (unpaired) electrons. The third-order valence-electron chi connectivity index (χ3n) is 3.40. The molecule has 2 unspecified atom stereocenters. The van der Waals surface area contributed by atoms with Gasteiger partial charge in [-0.05, 0) is 26.2 Å². The summed E-state index contributed by atoms with van der Waals surface area (Å²) in [6, 6.07) is 0.504. The van der Waals surface area contributed by atoms with E-state index in [0.717, 1.165) is 32.1 Å². The Hall–Kier alpha value is -0.870. The van der Waals surface area contributed by atoms with E-state index in [2.05, 4.69) is 28.7 Å². The number of aromatic nitrogens is 2. The zero-order valence-electron chi connectivity index (χ0n) is 10.1. The lowest BCUT2D eigenvalue weighted by Gasteiger charge is -2.19. The van der Waals surface area contributed by atoms with Gasteiger partial charge in [-0.15, -0.1) is 0 Å². The van der Waals surface area contributed by atoms with Crippen molar-refractivity contribution in [2.24, 2.45) is 5.92 Å². The standard InChI is InChI=1S/C12H21N3O/c1-3-15-6-5-13-12(15)8-14-10(2)11-4-7-16-9-11/h5-6,10-11,14H,3-4,7-9H2,1-2H3. The lowest BCUT2D eigenvalue weighted by molar-refractivity contribution is 0.178. The molecule has 1 N–H and O–H groups in total. The van der Waals surface area contributed by atoms with E-state index in [1.54, 1.807) is 0 Å². The number of hydrogen-bond acceptors (Lipinski definition) is 3. The molecule has 2 heterocycles. The van der Waals surface area contributed by atoms with Crippen LogP contribution in [0, 0.1) is 5.92 Å². The second-order valence-corrected chi connectivity index (χ2v) is 4.42. The molecule has 2 atom stereocenters. The van der Waals surface area contributed by atoms with Crippen LogP contribution in [-0.4, -0.2) is 28.8 Å². The Morgan fingerprint density at radius 3 is 3.25 bits per heavy atom. The first kappa shape index (κ1) is 11.6. The Morgan fingerprint density at radius 2 is 2.56 bits per heavy atom. The first-order valence-corrected chi connectivity index (χ1v) is 6.12. The minimum atomic E-state index is 0.504. The summed E-state index contributed by atoms with van der Waals surface area (Å²) in [5, 5.41) is 3.54. The molecule has 0 saturated carbocycles. The van der Waals surface area contributed by atoms with Crippen LogP contribution in [0.2, 0.25) is 0 Å². The number of ether oxygens (including phenoxy) is 1. The smallest absolute Gasteiger partial charge is 0.122 e. The molecule has 1 fully saturated rings. The minimum absolute atomic E-state index is 0.504. The highest BCUT2D eigenvalue weighted by atomic mass is 16.5. The summed E-state index contributed by atoms with van der Waals surface area (Å²) in [4.78, 5) is 4.35. The second kappa shape index (κ2) is 5.46. The molecule has 0 bridgehead atoms. The summed E-state index contributed by atoms with van der Waals surface area (Å²) in [7, 11) is 0. The van der Waals surface area contributed by atoms with Crippen LogP contribution >= 0.6 is 0 Å². The first-order chi connectivity index (χ1) is 7.81. The van der Waals surface area contributed by atoms with Crippen LogP contribution in [0.3, 0.4) is 0 Å². The molecule has 1 saturated heterocycles. The molecular formula is C12H21N3O.